The van der Waals surface area contributed by atoms with Gasteiger partial charge >= 0.3 is 0 Å². The Hall–Kier alpha value is -2.12. The van der Waals surface area contributed by atoms with Crippen LogP contribution >= 0.6 is 0 Å². The topological polar surface area (TPSA) is 86.3 Å². The molecular formula is C13H25N7O. The number of aromatic nitrogens is 3. The Labute approximate surface area is 126 Å². The number of carbonyl (C=O) groups excluding carboxylic acids is 1. The van der Waals surface area contributed by atoms with E-state index in [1.54, 1.807) is 23.9 Å². The second-order valence-electron chi connectivity index (χ2n) is 5.46. The number of rotatable bonds is 7. The van der Waals surface area contributed by atoms with E-state index in [1.807, 2.05) is 14.1 Å². The zero-order valence-corrected chi connectivity index (χ0v) is 13.6. The molecular weight excluding hydrogens is 270 g/mol. The Bertz CT molecular complexity index is 476. The summed E-state index contributed by atoms with van der Waals surface area (Å²) in [6, 6.07) is 0. The molecule has 0 saturated heterocycles. The van der Waals surface area contributed by atoms with Gasteiger partial charge in [0, 0.05) is 34.7 Å². The minimum absolute atomic E-state index is 0.0518. The predicted molar refractivity (Wildman–Crippen MR) is 84.8 cm³/mol. The van der Waals surface area contributed by atoms with E-state index >= 15 is 0 Å². The summed E-state index contributed by atoms with van der Waals surface area (Å²) in [6.45, 7) is 4.97. The maximum Gasteiger partial charge on any atom is 0.239 e. The smallest absolute Gasteiger partial charge is 0.239 e. The average molecular weight is 295 g/mol. The van der Waals surface area contributed by atoms with E-state index in [0.717, 1.165) is 0 Å². The van der Waals surface area contributed by atoms with Crippen molar-refractivity contribution in [2.45, 2.75) is 13.8 Å². The van der Waals surface area contributed by atoms with Crippen molar-refractivity contribution in [1.29, 1.82) is 0 Å². The molecule has 0 aromatic carbocycles. The molecule has 0 spiro atoms. The Balaban J connectivity index is 2.79. The van der Waals surface area contributed by atoms with Gasteiger partial charge in [0.1, 0.15) is 0 Å². The zero-order chi connectivity index (χ0) is 16.0. The summed E-state index contributed by atoms with van der Waals surface area (Å²) >= 11 is 0. The van der Waals surface area contributed by atoms with Gasteiger partial charge in [0.25, 0.3) is 0 Å². The second kappa shape index (κ2) is 7.61. The van der Waals surface area contributed by atoms with E-state index in [4.69, 9.17) is 0 Å². The average Bonchev–Trinajstić information content (AvgIpc) is 2.44. The Kier molecular flexibility index (Phi) is 6.13. The lowest BCUT2D eigenvalue weighted by Gasteiger charge is -2.19. The van der Waals surface area contributed by atoms with E-state index in [-0.39, 0.29) is 12.5 Å². The van der Waals surface area contributed by atoms with Gasteiger partial charge in [-0.1, -0.05) is 13.8 Å². The van der Waals surface area contributed by atoms with Crippen molar-refractivity contribution in [2.75, 3.05) is 56.4 Å². The third-order valence-corrected chi connectivity index (χ3v) is 2.67. The molecule has 0 radical (unpaired) electrons. The monoisotopic (exact) mass is 295 g/mol. The SMILES string of the molecule is CNc1nc(N(C)C)nc(N(C)CC(=O)NCC(C)C)n1. The fourth-order valence-electron chi connectivity index (χ4n) is 1.50. The van der Waals surface area contributed by atoms with Gasteiger partial charge in [-0.25, -0.2) is 0 Å². The van der Waals surface area contributed by atoms with Crippen molar-refractivity contribution in [3.8, 4) is 0 Å². The molecule has 8 nitrogen and oxygen atoms in total. The fourth-order valence-corrected chi connectivity index (χ4v) is 1.50. The van der Waals surface area contributed by atoms with Crippen molar-refractivity contribution in [3.63, 3.8) is 0 Å². The van der Waals surface area contributed by atoms with Crippen LogP contribution in [-0.4, -0.2) is 62.1 Å². The van der Waals surface area contributed by atoms with Crippen molar-refractivity contribution < 1.29 is 4.79 Å². The highest BCUT2D eigenvalue weighted by Gasteiger charge is 2.14. The van der Waals surface area contributed by atoms with Crippen molar-refractivity contribution in [3.05, 3.63) is 0 Å². The van der Waals surface area contributed by atoms with E-state index in [1.165, 1.54) is 0 Å². The summed E-state index contributed by atoms with van der Waals surface area (Å²) in [5, 5.41) is 5.77. The fraction of sp³-hybridized carbons (Fsp3) is 0.692. The van der Waals surface area contributed by atoms with Crippen LogP contribution in [0, 0.1) is 5.92 Å². The molecule has 118 valence electrons. The molecule has 1 rings (SSSR count). The Morgan fingerprint density at radius 1 is 1.14 bits per heavy atom. The number of nitrogens with zero attached hydrogens (tertiary/aromatic N) is 5. The highest BCUT2D eigenvalue weighted by Crippen LogP contribution is 2.13. The summed E-state index contributed by atoms with van der Waals surface area (Å²) in [5.41, 5.74) is 0. The first kappa shape index (κ1) is 16.9. The molecule has 2 N–H and O–H groups in total. The number of hydrogen-bond donors (Lipinski definition) is 2. The quantitative estimate of drug-likeness (QED) is 0.742. The molecule has 0 fully saturated rings. The molecule has 0 aliphatic carbocycles. The number of likely N-dealkylation sites (N-methyl/N-ethyl adjacent to an activating group) is 1. The van der Waals surface area contributed by atoms with Crippen LogP contribution in [0.3, 0.4) is 0 Å². The summed E-state index contributed by atoms with van der Waals surface area (Å²) in [6.07, 6.45) is 0. The molecule has 0 unspecified atom stereocenters. The first-order chi connectivity index (χ1) is 9.83. The Morgan fingerprint density at radius 3 is 2.29 bits per heavy atom. The highest BCUT2D eigenvalue weighted by atomic mass is 16.2. The molecule has 8 heteroatoms. The molecule has 0 saturated carbocycles. The number of hydrogen-bond acceptors (Lipinski definition) is 7. The van der Waals surface area contributed by atoms with Crippen molar-refractivity contribution in [1.82, 2.24) is 20.3 Å². The van der Waals surface area contributed by atoms with Crippen LogP contribution < -0.4 is 20.4 Å². The lowest BCUT2D eigenvalue weighted by atomic mass is 10.2. The maximum absolute atomic E-state index is 11.9. The molecule has 0 atom stereocenters. The molecule has 1 aromatic heterocycles. The van der Waals surface area contributed by atoms with Gasteiger partial charge in [-0.2, -0.15) is 15.0 Å². The number of nitrogens with one attached hydrogen (secondary N) is 2. The molecule has 1 amide bonds. The van der Waals surface area contributed by atoms with Crippen LogP contribution in [0.1, 0.15) is 13.8 Å². The molecule has 0 aliphatic rings. The van der Waals surface area contributed by atoms with Gasteiger partial charge in [0.2, 0.25) is 23.8 Å². The van der Waals surface area contributed by atoms with E-state index in [2.05, 4.69) is 39.4 Å². The normalized spacial score (nSPS) is 10.4. The van der Waals surface area contributed by atoms with E-state index in [9.17, 15) is 4.79 Å². The van der Waals surface area contributed by atoms with Crippen molar-refractivity contribution >= 4 is 23.8 Å². The van der Waals surface area contributed by atoms with Gasteiger partial charge in [-0.3, -0.25) is 4.79 Å². The van der Waals surface area contributed by atoms with E-state index < -0.39 is 0 Å². The van der Waals surface area contributed by atoms with Crippen LogP contribution in [0.2, 0.25) is 0 Å². The second-order valence-corrected chi connectivity index (χ2v) is 5.46. The molecule has 0 aliphatic heterocycles. The van der Waals surface area contributed by atoms with Crippen LogP contribution in [-0.2, 0) is 4.79 Å². The summed E-state index contributed by atoms with van der Waals surface area (Å²) in [7, 11) is 7.23. The number of anilines is 3. The zero-order valence-electron chi connectivity index (χ0n) is 13.6. The third kappa shape index (κ3) is 5.41. The van der Waals surface area contributed by atoms with Gasteiger partial charge in [-0.05, 0) is 5.92 Å². The lowest BCUT2D eigenvalue weighted by molar-refractivity contribution is -0.119. The molecule has 1 aromatic rings. The molecule has 21 heavy (non-hydrogen) atoms. The number of amides is 1. The summed E-state index contributed by atoms with van der Waals surface area (Å²) < 4.78 is 0. The third-order valence-electron chi connectivity index (χ3n) is 2.67. The van der Waals surface area contributed by atoms with Crippen LogP contribution in [0.5, 0.6) is 0 Å². The van der Waals surface area contributed by atoms with Gasteiger partial charge in [-0.15, -0.1) is 0 Å². The van der Waals surface area contributed by atoms with E-state index in [0.29, 0.717) is 30.3 Å². The van der Waals surface area contributed by atoms with Crippen LogP contribution in [0.4, 0.5) is 17.8 Å². The van der Waals surface area contributed by atoms with Gasteiger partial charge in [0.15, 0.2) is 0 Å². The molecule has 1 heterocycles. The minimum atomic E-state index is -0.0518. The Morgan fingerprint density at radius 2 is 1.76 bits per heavy atom. The van der Waals surface area contributed by atoms with Crippen LogP contribution in [0.25, 0.3) is 0 Å². The van der Waals surface area contributed by atoms with Crippen molar-refractivity contribution in [2.24, 2.45) is 5.92 Å². The lowest BCUT2D eigenvalue weighted by Crippen LogP contribution is -2.37. The van der Waals surface area contributed by atoms with Crippen LogP contribution in [0.15, 0.2) is 0 Å². The largest absolute Gasteiger partial charge is 0.357 e. The summed E-state index contributed by atoms with van der Waals surface area (Å²) in [4.78, 5) is 28.2. The standard InChI is InChI=1S/C13H25N7O/c1-9(2)7-15-10(21)8-20(6)13-17-11(14-3)16-12(18-13)19(4)5/h9H,7-8H2,1-6H3,(H,15,21)(H,14,16,17,18). The minimum Gasteiger partial charge on any atom is -0.357 e. The molecule has 0 bridgehead atoms. The predicted octanol–water partition coefficient (Wildman–Crippen LogP) is 0.188. The van der Waals surface area contributed by atoms with Gasteiger partial charge in [0.05, 0.1) is 6.54 Å². The van der Waals surface area contributed by atoms with Gasteiger partial charge < -0.3 is 20.4 Å². The number of carbonyl (C=O) groups is 1. The maximum atomic E-state index is 11.9. The highest BCUT2D eigenvalue weighted by molar-refractivity contribution is 5.80. The summed E-state index contributed by atoms with van der Waals surface area (Å²) in [5.74, 6) is 1.84. The first-order valence-corrected chi connectivity index (χ1v) is 6.92. The first-order valence-electron chi connectivity index (χ1n) is 6.92.